The lowest BCUT2D eigenvalue weighted by Crippen LogP contribution is -2.08. The summed E-state index contributed by atoms with van der Waals surface area (Å²) in [5.74, 6) is 0. The van der Waals surface area contributed by atoms with Gasteiger partial charge in [-0.3, -0.25) is 5.32 Å². The predicted octanol–water partition coefficient (Wildman–Crippen LogP) is 3.97. The fraction of sp³-hybridized carbons (Fsp3) is 0.0909. The normalized spacial score (nSPS) is 10.2. The smallest absolute Gasteiger partial charge is 0.409 e. The number of halogens is 1. The zero-order chi connectivity index (χ0) is 12.4. The fourth-order valence-corrected chi connectivity index (χ4v) is 2.54. The van der Waals surface area contributed by atoms with Gasteiger partial charge >= 0.3 is 6.09 Å². The molecule has 6 heteroatoms. The van der Waals surface area contributed by atoms with E-state index in [1.54, 1.807) is 6.92 Å². The molecule has 0 unspecified atom stereocenters. The van der Waals surface area contributed by atoms with Crippen LogP contribution in [0.2, 0.25) is 0 Å². The second-order valence-electron chi connectivity index (χ2n) is 3.41. The van der Waals surface area contributed by atoms with Crippen LogP contribution in [0.1, 0.15) is 5.69 Å². The molecule has 1 aromatic heterocycles. The van der Waals surface area contributed by atoms with Gasteiger partial charge in [-0.15, -0.1) is 0 Å². The molecule has 1 heterocycles. The number of amides is 1. The van der Waals surface area contributed by atoms with E-state index in [4.69, 9.17) is 5.11 Å². The van der Waals surface area contributed by atoms with Crippen molar-refractivity contribution in [2.45, 2.75) is 6.92 Å². The van der Waals surface area contributed by atoms with Gasteiger partial charge in [0.15, 0.2) is 0 Å². The van der Waals surface area contributed by atoms with Crippen LogP contribution >= 0.6 is 27.5 Å². The average Bonchev–Trinajstić information content (AvgIpc) is 2.61. The lowest BCUT2D eigenvalue weighted by Gasteiger charge is -2.03. The summed E-state index contributed by atoms with van der Waals surface area (Å²) in [4.78, 5) is 11.5. The van der Waals surface area contributed by atoms with Gasteiger partial charge in [-0.1, -0.05) is 28.1 Å². The van der Waals surface area contributed by atoms with Crippen molar-refractivity contribution in [1.29, 1.82) is 0 Å². The summed E-state index contributed by atoms with van der Waals surface area (Å²) < 4.78 is 5.15. The van der Waals surface area contributed by atoms with E-state index in [1.165, 1.54) is 11.5 Å². The molecular weight excluding hydrogens is 304 g/mol. The largest absolute Gasteiger partial charge is 0.465 e. The van der Waals surface area contributed by atoms with E-state index in [2.05, 4.69) is 25.6 Å². The zero-order valence-corrected chi connectivity index (χ0v) is 11.3. The highest BCUT2D eigenvalue weighted by Gasteiger charge is 2.14. The minimum Gasteiger partial charge on any atom is -0.465 e. The molecule has 0 bridgehead atoms. The Morgan fingerprint density at radius 3 is 2.65 bits per heavy atom. The maximum atomic E-state index is 10.7. The molecular formula is C11H9BrN2O2S. The number of hydrogen-bond donors (Lipinski definition) is 2. The molecule has 88 valence electrons. The van der Waals surface area contributed by atoms with Gasteiger partial charge in [0, 0.05) is 4.47 Å². The van der Waals surface area contributed by atoms with E-state index in [0.29, 0.717) is 11.4 Å². The van der Waals surface area contributed by atoms with E-state index in [-0.39, 0.29) is 0 Å². The Morgan fingerprint density at radius 2 is 2.06 bits per heavy atom. The van der Waals surface area contributed by atoms with Gasteiger partial charge in [0.2, 0.25) is 0 Å². The van der Waals surface area contributed by atoms with Crippen molar-refractivity contribution >= 4 is 39.2 Å². The van der Waals surface area contributed by atoms with Gasteiger partial charge in [0.05, 0.1) is 16.3 Å². The molecule has 0 radical (unpaired) electrons. The molecule has 0 saturated carbocycles. The van der Waals surface area contributed by atoms with Crippen LogP contribution in [0.15, 0.2) is 28.7 Å². The molecule has 2 aromatic rings. The van der Waals surface area contributed by atoms with Crippen molar-refractivity contribution in [3.63, 3.8) is 0 Å². The number of rotatable bonds is 2. The fourth-order valence-electron chi connectivity index (χ4n) is 1.42. The molecule has 0 aliphatic rings. The molecule has 0 fully saturated rings. The van der Waals surface area contributed by atoms with Gasteiger partial charge in [0.1, 0.15) is 0 Å². The maximum Gasteiger partial charge on any atom is 0.409 e. The maximum absolute atomic E-state index is 10.7. The molecule has 0 spiro atoms. The highest BCUT2D eigenvalue weighted by atomic mass is 79.9. The Labute approximate surface area is 111 Å². The minimum absolute atomic E-state index is 0.560. The molecule has 1 aromatic carbocycles. The summed E-state index contributed by atoms with van der Waals surface area (Å²) in [6.07, 6.45) is -1.08. The summed E-state index contributed by atoms with van der Waals surface area (Å²) in [5.41, 5.74) is 2.20. The third kappa shape index (κ3) is 2.65. The van der Waals surface area contributed by atoms with Crippen molar-refractivity contribution in [3.8, 4) is 10.4 Å². The van der Waals surface area contributed by atoms with Gasteiger partial charge in [-0.05, 0) is 36.2 Å². The first-order chi connectivity index (χ1) is 8.08. The number of aryl methyl sites for hydroxylation is 1. The summed E-state index contributed by atoms with van der Waals surface area (Å²) in [6.45, 7) is 1.78. The van der Waals surface area contributed by atoms with Crippen LogP contribution in [0.25, 0.3) is 10.4 Å². The Kier molecular flexibility index (Phi) is 3.44. The van der Waals surface area contributed by atoms with Crippen molar-refractivity contribution in [1.82, 2.24) is 4.37 Å². The highest BCUT2D eigenvalue weighted by Crippen LogP contribution is 2.35. The molecule has 0 aliphatic heterocycles. The predicted molar refractivity (Wildman–Crippen MR) is 71.6 cm³/mol. The standard InChI is InChI=1S/C11H9BrN2O2S/c1-6-9(13-11(15)16)10(17-14-6)7-2-4-8(12)5-3-7/h2-5,13H,1H3,(H,15,16). The molecule has 2 rings (SSSR count). The van der Waals surface area contributed by atoms with Crippen LogP contribution in [0.4, 0.5) is 10.5 Å². The highest BCUT2D eigenvalue weighted by molar-refractivity contribution is 9.10. The first-order valence-corrected chi connectivity index (χ1v) is 6.36. The Balaban J connectivity index is 2.45. The Hall–Kier alpha value is -1.40. The van der Waals surface area contributed by atoms with Crippen LogP contribution in [0.3, 0.4) is 0 Å². The van der Waals surface area contributed by atoms with E-state index in [1.807, 2.05) is 24.3 Å². The first-order valence-electron chi connectivity index (χ1n) is 4.80. The third-order valence-corrected chi connectivity index (χ3v) is 3.72. The third-order valence-electron chi connectivity index (χ3n) is 2.20. The molecule has 2 N–H and O–H groups in total. The number of nitrogens with one attached hydrogen (secondary N) is 1. The van der Waals surface area contributed by atoms with Crippen LogP contribution < -0.4 is 5.32 Å². The molecule has 4 nitrogen and oxygen atoms in total. The number of aromatic nitrogens is 1. The Bertz CT molecular complexity index is 551. The van der Waals surface area contributed by atoms with Crippen molar-refractivity contribution in [2.24, 2.45) is 0 Å². The van der Waals surface area contributed by atoms with Crippen LogP contribution in [0.5, 0.6) is 0 Å². The van der Waals surface area contributed by atoms with E-state index >= 15 is 0 Å². The number of carbonyl (C=O) groups is 1. The Morgan fingerprint density at radius 1 is 1.41 bits per heavy atom. The lowest BCUT2D eigenvalue weighted by molar-refractivity contribution is 0.209. The number of carboxylic acid groups (broad SMARTS) is 1. The zero-order valence-electron chi connectivity index (χ0n) is 8.90. The number of anilines is 1. The molecule has 1 amide bonds. The van der Waals surface area contributed by atoms with Crippen molar-refractivity contribution in [3.05, 3.63) is 34.4 Å². The van der Waals surface area contributed by atoms with Crippen LogP contribution in [0, 0.1) is 6.92 Å². The summed E-state index contributed by atoms with van der Waals surface area (Å²) in [5, 5.41) is 11.2. The number of benzene rings is 1. The minimum atomic E-state index is -1.08. The lowest BCUT2D eigenvalue weighted by atomic mass is 10.1. The summed E-state index contributed by atoms with van der Waals surface area (Å²) in [7, 11) is 0. The van der Waals surface area contributed by atoms with E-state index in [0.717, 1.165) is 14.9 Å². The second kappa shape index (κ2) is 4.85. The average molecular weight is 313 g/mol. The summed E-state index contributed by atoms with van der Waals surface area (Å²) >= 11 is 4.65. The molecule has 0 saturated heterocycles. The first kappa shape index (κ1) is 12.1. The van der Waals surface area contributed by atoms with Gasteiger partial charge in [-0.25, -0.2) is 4.79 Å². The number of nitrogens with zero attached hydrogens (tertiary/aromatic N) is 1. The molecule has 0 aliphatic carbocycles. The molecule has 17 heavy (non-hydrogen) atoms. The monoisotopic (exact) mass is 312 g/mol. The quantitative estimate of drug-likeness (QED) is 0.882. The topological polar surface area (TPSA) is 62.2 Å². The van der Waals surface area contributed by atoms with Crippen LogP contribution in [-0.2, 0) is 0 Å². The van der Waals surface area contributed by atoms with E-state index in [9.17, 15) is 4.79 Å². The molecule has 0 atom stereocenters. The summed E-state index contributed by atoms with van der Waals surface area (Å²) in [6, 6.07) is 7.66. The number of hydrogen-bond acceptors (Lipinski definition) is 3. The van der Waals surface area contributed by atoms with Crippen molar-refractivity contribution < 1.29 is 9.90 Å². The van der Waals surface area contributed by atoms with E-state index < -0.39 is 6.09 Å². The van der Waals surface area contributed by atoms with Crippen molar-refractivity contribution in [2.75, 3.05) is 5.32 Å². The van der Waals surface area contributed by atoms with Gasteiger partial charge in [0.25, 0.3) is 0 Å². The second-order valence-corrected chi connectivity index (χ2v) is 5.10. The van der Waals surface area contributed by atoms with Crippen LogP contribution in [-0.4, -0.2) is 15.6 Å². The van der Waals surface area contributed by atoms with Gasteiger partial charge in [-0.2, -0.15) is 4.37 Å². The SMILES string of the molecule is Cc1nsc(-c2ccc(Br)cc2)c1NC(=O)O. The van der Waals surface area contributed by atoms with Gasteiger partial charge < -0.3 is 5.11 Å².